The average molecular weight is 494 g/mol. The van der Waals surface area contributed by atoms with Crippen molar-refractivity contribution in [3.05, 3.63) is 56.5 Å². The lowest BCUT2D eigenvalue weighted by atomic mass is 10.2. The van der Waals surface area contributed by atoms with E-state index in [1.54, 1.807) is 19.1 Å². The summed E-state index contributed by atoms with van der Waals surface area (Å²) in [7, 11) is 3.27. The number of ether oxygens (including phenoxy) is 2. The highest BCUT2D eigenvalue weighted by atomic mass is 127. The molecule has 0 N–H and O–H groups in total. The highest BCUT2D eigenvalue weighted by Crippen LogP contribution is 2.35. The van der Waals surface area contributed by atoms with Gasteiger partial charge in [0.05, 0.1) is 28.4 Å². The molecule has 140 valence electrons. The quantitative estimate of drug-likeness (QED) is 0.437. The van der Waals surface area contributed by atoms with Gasteiger partial charge in [-0.1, -0.05) is 6.07 Å². The monoisotopic (exact) mass is 494 g/mol. The van der Waals surface area contributed by atoms with Gasteiger partial charge in [-0.3, -0.25) is 9.69 Å². The van der Waals surface area contributed by atoms with E-state index in [-0.39, 0.29) is 5.91 Å². The van der Waals surface area contributed by atoms with Gasteiger partial charge in [-0.25, -0.2) is 4.99 Å². The summed E-state index contributed by atoms with van der Waals surface area (Å²) in [5, 5.41) is 0.683. The van der Waals surface area contributed by atoms with Crippen LogP contribution >= 0.6 is 34.4 Å². The smallest absolute Gasteiger partial charge is 0.266 e. The molecule has 0 aliphatic carbocycles. The lowest BCUT2D eigenvalue weighted by Crippen LogP contribution is -2.28. The van der Waals surface area contributed by atoms with Gasteiger partial charge in [0.1, 0.15) is 11.5 Å². The summed E-state index contributed by atoms with van der Waals surface area (Å²) < 4.78 is 11.5. The molecule has 1 saturated heterocycles. The van der Waals surface area contributed by atoms with E-state index in [2.05, 4.69) is 27.6 Å². The van der Waals surface area contributed by atoms with E-state index in [0.29, 0.717) is 16.6 Å². The first-order valence-corrected chi connectivity index (χ1v) is 10.2. The van der Waals surface area contributed by atoms with E-state index < -0.39 is 0 Å². The Morgan fingerprint density at radius 1 is 1.15 bits per heavy atom. The zero-order valence-electron chi connectivity index (χ0n) is 15.2. The molecular formula is C20H19IN2O3S. The van der Waals surface area contributed by atoms with Gasteiger partial charge < -0.3 is 9.47 Å². The van der Waals surface area contributed by atoms with E-state index in [0.717, 1.165) is 26.3 Å². The normalized spacial score (nSPS) is 17.0. The molecule has 5 nitrogen and oxygen atoms in total. The van der Waals surface area contributed by atoms with Gasteiger partial charge in [-0.2, -0.15) is 0 Å². The lowest BCUT2D eigenvalue weighted by Gasteiger charge is -2.12. The fourth-order valence-corrected chi connectivity index (χ4v) is 4.38. The number of hydrogen-bond acceptors (Lipinski definition) is 5. The number of methoxy groups -OCH3 is 2. The molecule has 0 unspecified atom stereocenters. The minimum atomic E-state index is -0.0272. The molecule has 1 aliphatic rings. The number of carbonyl (C=O) groups excluding carboxylic acids is 1. The van der Waals surface area contributed by atoms with Crippen molar-refractivity contribution in [3.8, 4) is 11.5 Å². The Morgan fingerprint density at radius 3 is 2.48 bits per heavy atom. The second-order valence-corrected chi connectivity index (χ2v) is 7.82. The standard InChI is InChI=1S/C20H19IN2O3S/c1-4-23-19(24)18(12-13-5-10-17(26-3)16(21)11-13)27-20(23)22-14-6-8-15(25-2)9-7-14/h5-12H,4H2,1-3H3/b18-12+,22-20?. The highest BCUT2D eigenvalue weighted by molar-refractivity contribution is 14.1. The Bertz CT molecular complexity index is 910. The van der Waals surface area contributed by atoms with Crippen LogP contribution in [0, 0.1) is 3.57 Å². The van der Waals surface area contributed by atoms with Crippen molar-refractivity contribution >= 4 is 57.2 Å². The summed E-state index contributed by atoms with van der Waals surface area (Å²) in [6, 6.07) is 13.3. The molecular weight excluding hydrogens is 475 g/mol. The summed E-state index contributed by atoms with van der Waals surface area (Å²) in [5.74, 6) is 1.57. The molecule has 1 amide bonds. The zero-order chi connectivity index (χ0) is 19.4. The first-order chi connectivity index (χ1) is 13.0. The number of halogens is 1. The van der Waals surface area contributed by atoms with Crippen LogP contribution in [0.3, 0.4) is 0 Å². The number of rotatable bonds is 5. The number of thioether (sulfide) groups is 1. The third kappa shape index (κ3) is 4.47. The van der Waals surface area contributed by atoms with Crippen molar-refractivity contribution < 1.29 is 14.3 Å². The summed E-state index contributed by atoms with van der Waals surface area (Å²) in [6.07, 6.45) is 1.90. The predicted molar refractivity (Wildman–Crippen MR) is 119 cm³/mol. The molecule has 1 heterocycles. The van der Waals surface area contributed by atoms with E-state index in [1.165, 1.54) is 11.8 Å². The van der Waals surface area contributed by atoms with Crippen LogP contribution in [0.5, 0.6) is 11.5 Å². The number of hydrogen-bond donors (Lipinski definition) is 0. The van der Waals surface area contributed by atoms with Crippen LogP contribution in [0.1, 0.15) is 12.5 Å². The van der Waals surface area contributed by atoms with Crippen molar-refractivity contribution in [2.75, 3.05) is 20.8 Å². The van der Waals surface area contributed by atoms with Crippen molar-refractivity contribution in [2.24, 2.45) is 4.99 Å². The molecule has 0 bridgehead atoms. The zero-order valence-corrected chi connectivity index (χ0v) is 18.2. The van der Waals surface area contributed by atoms with Crippen LogP contribution in [0.2, 0.25) is 0 Å². The number of benzene rings is 2. The summed E-state index contributed by atoms with van der Waals surface area (Å²) in [4.78, 5) is 19.7. The Morgan fingerprint density at radius 2 is 1.89 bits per heavy atom. The lowest BCUT2D eigenvalue weighted by molar-refractivity contribution is -0.122. The fraction of sp³-hybridized carbons (Fsp3) is 0.200. The number of aliphatic imine (C=N–C) groups is 1. The second kappa shape index (κ2) is 8.79. The van der Waals surface area contributed by atoms with Crippen molar-refractivity contribution in [3.63, 3.8) is 0 Å². The summed E-state index contributed by atoms with van der Waals surface area (Å²) in [5.41, 5.74) is 1.74. The molecule has 0 aromatic heterocycles. The second-order valence-electron chi connectivity index (χ2n) is 5.65. The van der Waals surface area contributed by atoms with E-state index >= 15 is 0 Å². The third-order valence-corrected chi connectivity index (χ3v) is 5.82. The van der Waals surface area contributed by atoms with E-state index in [4.69, 9.17) is 9.47 Å². The van der Waals surface area contributed by atoms with Crippen LogP contribution in [0.25, 0.3) is 6.08 Å². The molecule has 27 heavy (non-hydrogen) atoms. The van der Waals surface area contributed by atoms with Crippen LogP contribution in [0.15, 0.2) is 52.4 Å². The van der Waals surface area contributed by atoms with E-state index in [1.807, 2.05) is 55.5 Å². The average Bonchev–Trinajstić information content (AvgIpc) is 2.96. The molecule has 1 fully saturated rings. The number of likely N-dealkylation sites (N-methyl/N-ethyl adjacent to an activating group) is 1. The van der Waals surface area contributed by atoms with Gasteiger partial charge in [0.25, 0.3) is 5.91 Å². The van der Waals surface area contributed by atoms with Crippen LogP contribution < -0.4 is 9.47 Å². The maximum atomic E-state index is 12.8. The summed E-state index contributed by atoms with van der Waals surface area (Å²) >= 11 is 3.61. The van der Waals surface area contributed by atoms with E-state index in [9.17, 15) is 4.79 Å². The van der Waals surface area contributed by atoms with Crippen LogP contribution in [-0.2, 0) is 4.79 Å². The molecule has 7 heteroatoms. The van der Waals surface area contributed by atoms with Gasteiger partial charge in [0.15, 0.2) is 5.17 Å². The fourth-order valence-electron chi connectivity index (χ4n) is 2.56. The van der Waals surface area contributed by atoms with Crippen LogP contribution in [0.4, 0.5) is 5.69 Å². The molecule has 3 rings (SSSR count). The number of amidine groups is 1. The van der Waals surface area contributed by atoms with Gasteiger partial charge in [0.2, 0.25) is 0 Å². The molecule has 1 aliphatic heterocycles. The topological polar surface area (TPSA) is 51.1 Å². The molecule has 2 aromatic carbocycles. The Balaban J connectivity index is 1.89. The van der Waals surface area contributed by atoms with Gasteiger partial charge in [0, 0.05) is 6.54 Å². The predicted octanol–water partition coefficient (Wildman–Crippen LogP) is 4.93. The van der Waals surface area contributed by atoms with Gasteiger partial charge in [-0.05, 0) is 89.3 Å². The third-order valence-electron chi connectivity index (χ3n) is 3.98. The Labute approximate surface area is 176 Å². The first-order valence-electron chi connectivity index (χ1n) is 8.33. The molecule has 0 spiro atoms. The molecule has 0 saturated carbocycles. The molecule has 2 aromatic rings. The van der Waals surface area contributed by atoms with Crippen molar-refractivity contribution in [1.29, 1.82) is 0 Å². The largest absolute Gasteiger partial charge is 0.497 e. The minimum absolute atomic E-state index is 0.0272. The molecule has 0 radical (unpaired) electrons. The van der Waals surface area contributed by atoms with Gasteiger partial charge in [-0.15, -0.1) is 0 Å². The number of carbonyl (C=O) groups is 1. The number of nitrogens with zero attached hydrogens (tertiary/aromatic N) is 2. The maximum Gasteiger partial charge on any atom is 0.266 e. The van der Waals surface area contributed by atoms with Crippen molar-refractivity contribution in [1.82, 2.24) is 4.90 Å². The van der Waals surface area contributed by atoms with Crippen molar-refractivity contribution in [2.45, 2.75) is 6.92 Å². The number of amides is 1. The highest BCUT2D eigenvalue weighted by Gasteiger charge is 2.32. The maximum absolute atomic E-state index is 12.8. The SMILES string of the molecule is CCN1C(=O)/C(=C\c2ccc(OC)c(I)c2)SC1=Nc1ccc(OC)cc1. The Hall–Kier alpha value is -2.00. The van der Waals surface area contributed by atoms with Crippen LogP contribution in [-0.4, -0.2) is 36.7 Å². The summed E-state index contributed by atoms with van der Waals surface area (Å²) in [6.45, 7) is 2.51. The molecule has 0 atom stereocenters. The first kappa shape index (κ1) is 19.8. The van der Waals surface area contributed by atoms with Gasteiger partial charge >= 0.3 is 0 Å². The minimum Gasteiger partial charge on any atom is -0.497 e. The Kier molecular flexibility index (Phi) is 6.43.